The molecule has 1 N–H and O–H groups in total. The van der Waals surface area contributed by atoms with Crippen molar-refractivity contribution in [2.75, 3.05) is 25.5 Å². The number of aryl methyl sites for hydroxylation is 2. The standard InChI is InChI=1S/C20H27ClN4O4S/c1-14-20(30(27,28)24-10-5-4-6-11-24)15(2)25(23-14)12-9-19(26)22-16-7-8-18(29-3)17(21)13-16/h7-8,13H,4-6,9-12H2,1-3H3,(H,22,26). The summed E-state index contributed by atoms with van der Waals surface area (Å²) in [5.41, 5.74) is 1.58. The van der Waals surface area contributed by atoms with Crippen molar-refractivity contribution < 1.29 is 17.9 Å². The molecule has 0 aliphatic carbocycles. The van der Waals surface area contributed by atoms with Gasteiger partial charge < -0.3 is 10.1 Å². The minimum atomic E-state index is -3.58. The molecule has 0 spiro atoms. The van der Waals surface area contributed by atoms with Crippen LogP contribution in [-0.4, -0.2) is 48.6 Å². The third kappa shape index (κ3) is 4.79. The monoisotopic (exact) mass is 454 g/mol. The summed E-state index contributed by atoms with van der Waals surface area (Å²) in [6.45, 7) is 4.79. The number of rotatable bonds is 7. The molecule has 30 heavy (non-hydrogen) atoms. The summed E-state index contributed by atoms with van der Waals surface area (Å²) in [6, 6.07) is 5.00. The maximum absolute atomic E-state index is 13.1. The predicted molar refractivity (Wildman–Crippen MR) is 116 cm³/mol. The third-order valence-corrected chi connectivity index (χ3v) is 7.66. The van der Waals surface area contributed by atoms with E-state index in [1.807, 2.05) is 0 Å². The van der Waals surface area contributed by atoms with Gasteiger partial charge in [-0.05, 0) is 44.9 Å². The van der Waals surface area contributed by atoms with Crippen LogP contribution in [0.25, 0.3) is 0 Å². The minimum Gasteiger partial charge on any atom is -0.495 e. The van der Waals surface area contributed by atoms with Gasteiger partial charge in [-0.2, -0.15) is 9.40 Å². The quantitative estimate of drug-likeness (QED) is 0.692. The zero-order valence-electron chi connectivity index (χ0n) is 17.4. The Morgan fingerprint density at radius 3 is 2.57 bits per heavy atom. The van der Waals surface area contributed by atoms with Crippen molar-refractivity contribution in [3.05, 3.63) is 34.6 Å². The molecular weight excluding hydrogens is 428 g/mol. The van der Waals surface area contributed by atoms with Gasteiger partial charge in [-0.3, -0.25) is 9.48 Å². The lowest BCUT2D eigenvalue weighted by atomic mass is 10.2. The number of carbonyl (C=O) groups excluding carboxylic acids is 1. The summed E-state index contributed by atoms with van der Waals surface area (Å²) in [5.74, 6) is 0.309. The molecule has 1 aliphatic rings. The smallest absolute Gasteiger partial charge is 0.246 e. The number of methoxy groups -OCH3 is 1. The van der Waals surface area contributed by atoms with Crippen LogP contribution in [0.1, 0.15) is 37.1 Å². The van der Waals surface area contributed by atoms with Crippen LogP contribution in [0.15, 0.2) is 23.1 Å². The van der Waals surface area contributed by atoms with Crippen molar-refractivity contribution in [1.82, 2.24) is 14.1 Å². The van der Waals surface area contributed by atoms with E-state index in [1.165, 1.54) is 11.4 Å². The number of aromatic nitrogens is 2. The second-order valence-electron chi connectivity index (χ2n) is 7.34. The Kier molecular flexibility index (Phi) is 7.05. The van der Waals surface area contributed by atoms with Gasteiger partial charge in [0.15, 0.2) is 0 Å². The number of benzene rings is 1. The topological polar surface area (TPSA) is 93.5 Å². The van der Waals surface area contributed by atoms with Gasteiger partial charge in [-0.15, -0.1) is 0 Å². The number of nitrogens with zero attached hydrogens (tertiary/aromatic N) is 3. The largest absolute Gasteiger partial charge is 0.495 e. The summed E-state index contributed by atoms with van der Waals surface area (Å²) in [7, 11) is -2.06. The first-order valence-corrected chi connectivity index (χ1v) is 11.7. The lowest BCUT2D eigenvalue weighted by Gasteiger charge is -2.26. The van der Waals surface area contributed by atoms with Gasteiger partial charge in [-0.1, -0.05) is 18.0 Å². The average molecular weight is 455 g/mol. The number of hydrogen-bond donors (Lipinski definition) is 1. The van der Waals surface area contributed by atoms with Crippen molar-refractivity contribution in [3.8, 4) is 5.75 Å². The number of hydrogen-bond acceptors (Lipinski definition) is 5. The van der Waals surface area contributed by atoms with Crippen LogP contribution < -0.4 is 10.1 Å². The maximum Gasteiger partial charge on any atom is 0.246 e. The number of sulfonamides is 1. The number of carbonyl (C=O) groups is 1. The summed E-state index contributed by atoms with van der Waals surface area (Å²) >= 11 is 6.08. The number of anilines is 1. The Balaban J connectivity index is 1.68. The molecule has 1 saturated heterocycles. The zero-order chi connectivity index (χ0) is 21.9. The molecule has 10 heteroatoms. The Labute approximate surface area is 182 Å². The summed E-state index contributed by atoms with van der Waals surface area (Å²) in [6.07, 6.45) is 2.95. The zero-order valence-corrected chi connectivity index (χ0v) is 19.0. The van der Waals surface area contributed by atoms with E-state index in [2.05, 4.69) is 10.4 Å². The summed E-state index contributed by atoms with van der Waals surface area (Å²) in [5, 5.41) is 7.56. The first-order chi connectivity index (χ1) is 14.2. The molecule has 0 radical (unpaired) electrons. The van der Waals surface area contributed by atoms with E-state index < -0.39 is 10.0 Å². The Bertz CT molecular complexity index is 1030. The molecule has 1 amide bonds. The Morgan fingerprint density at radius 2 is 1.93 bits per heavy atom. The lowest BCUT2D eigenvalue weighted by Crippen LogP contribution is -2.36. The first-order valence-electron chi connectivity index (χ1n) is 9.91. The van der Waals surface area contributed by atoms with E-state index in [1.54, 1.807) is 36.7 Å². The van der Waals surface area contributed by atoms with Gasteiger partial charge in [-0.25, -0.2) is 8.42 Å². The van der Waals surface area contributed by atoms with E-state index in [0.717, 1.165) is 19.3 Å². The van der Waals surface area contributed by atoms with Gasteiger partial charge in [0.1, 0.15) is 10.6 Å². The van der Waals surface area contributed by atoms with Crippen molar-refractivity contribution in [1.29, 1.82) is 0 Å². The van der Waals surface area contributed by atoms with Gasteiger partial charge in [0.05, 0.1) is 30.1 Å². The van der Waals surface area contributed by atoms with Crippen molar-refractivity contribution in [2.24, 2.45) is 0 Å². The van der Waals surface area contributed by atoms with Crippen LogP contribution in [0, 0.1) is 13.8 Å². The fourth-order valence-electron chi connectivity index (χ4n) is 3.68. The highest BCUT2D eigenvalue weighted by Gasteiger charge is 2.31. The third-order valence-electron chi connectivity index (χ3n) is 5.21. The minimum absolute atomic E-state index is 0.148. The van der Waals surface area contributed by atoms with E-state index in [0.29, 0.717) is 40.9 Å². The van der Waals surface area contributed by atoms with E-state index in [9.17, 15) is 13.2 Å². The fourth-order valence-corrected chi connectivity index (χ4v) is 5.83. The molecule has 1 aliphatic heterocycles. The van der Waals surface area contributed by atoms with Gasteiger partial charge in [0.25, 0.3) is 0 Å². The van der Waals surface area contributed by atoms with Crippen LogP contribution in [-0.2, 0) is 21.4 Å². The SMILES string of the molecule is COc1ccc(NC(=O)CCn2nc(C)c(S(=O)(=O)N3CCCCC3)c2C)cc1Cl. The fraction of sp³-hybridized carbons (Fsp3) is 0.500. The molecule has 8 nitrogen and oxygen atoms in total. The van der Waals surface area contributed by atoms with E-state index >= 15 is 0 Å². The molecule has 3 rings (SSSR count). The van der Waals surface area contributed by atoms with Crippen LogP contribution in [0.3, 0.4) is 0 Å². The van der Waals surface area contributed by atoms with Crippen LogP contribution in [0.5, 0.6) is 5.75 Å². The molecular formula is C20H27ClN4O4S. The van der Waals surface area contributed by atoms with Gasteiger partial charge >= 0.3 is 0 Å². The first kappa shape index (κ1) is 22.6. The number of amides is 1. The molecule has 2 heterocycles. The number of piperidine rings is 1. The van der Waals surface area contributed by atoms with E-state index in [-0.39, 0.29) is 23.8 Å². The number of ether oxygens (including phenoxy) is 1. The van der Waals surface area contributed by atoms with E-state index in [4.69, 9.17) is 16.3 Å². The second-order valence-corrected chi connectivity index (χ2v) is 9.62. The summed E-state index contributed by atoms with van der Waals surface area (Å²) < 4.78 is 34.4. The molecule has 2 aromatic rings. The normalized spacial score (nSPS) is 15.2. The Hall–Kier alpha value is -2.10. The van der Waals surface area contributed by atoms with Crippen LogP contribution in [0.4, 0.5) is 5.69 Å². The average Bonchev–Trinajstić information content (AvgIpc) is 3.01. The predicted octanol–water partition coefficient (Wildman–Crippen LogP) is 3.37. The van der Waals surface area contributed by atoms with Crippen molar-refractivity contribution in [3.63, 3.8) is 0 Å². The van der Waals surface area contributed by atoms with Crippen molar-refractivity contribution >= 4 is 33.2 Å². The molecule has 1 fully saturated rings. The highest BCUT2D eigenvalue weighted by Crippen LogP contribution is 2.28. The highest BCUT2D eigenvalue weighted by molar-refractivity contribution is 7.89. The molecule has 0 unspecified atom stereocenters. The Morgan fingerprint density at radius 1 is 1.23 bits per heavy atom. The maximum atomic E-state index is 13.1. The van der Waals surface area contributed by atoms with Crippen LogP contribution >= 0.6 is 11.6 Å². The molecule has 1 aromatic heterocycles. The molecule has 0 bridgehead atoms. The van der Waals surface area contributed by atoms with Gasteiger partial charge in [0.2, 0.25) is 15.9 Å². The number of halogens is 1. The lowest BCUT2D eigenvalue weighted by molar-refractivity contribution is -0.116. The molecule has 1 aromatic carbocycles. The highest BCUT2D eigenvalue weighted by atomic mass is 35.5. The molecule has 0 atom stereocenters. The second kappa shape index (κ2) is 9.36. The van der Waals surface area contributed by atoms with Gasteiger partial charge in [0, 0.05) is 25.2 Å². The number of nitrogens with one attached hydrogen (secondary N) is 1. The molecule has 164 valence electrons. The van der Waals surface area contributed by atoms with Crippen molar-refractivity contribution in [2.45, 2.75) is 51.0 Å². The molecule has 0 saturated carbocycles. The summed E-state index contributed by atoms with van der Waals surface area (Å²) in [4.78, 5) is 12.6. The van der Waals surface area contributed by atoms with Crippen LogP contribution in [0.2, 0.25) is 5.02 Å².